The molecule has 10 heavy (non-hydrogen) atoms. The third-order valence-electron chi connectivity index (χ3n) is 0.158. The third-order valence-corrected chi connectivity index (χ3v) is 0.158. The van der Waals surface area contributed by atoms with E-state index in [1.807, 2.05) is 12.4 Å². The maximum absolute atomic E-state index is 8.63. The molecular formula is C2H8KNO5S. The van der Waals surface area contributed by atoms with Crippen LogP contribution in [0.25, 0.3) is 0 Å². The van der Waals surface area contributed by atoms with E-state index >= 15 is 0 Å². The van der Waals surface area contributed by atoms with E-state index in [2.05, 4.69) is 0 Å². The quantitative estimate of drug-likeness (QED) is 0.171. The van der Waals surface area contributed by atoms with Gasteiger partial charge in [-0.1, -0.05) is 6.92 Å². The van der Waals surface area contributed by atoms with Crippen molar-refractivity contribution in [3.8, 4) is 0 Å². The maximum Gasteiger partial charge on any atom is 1.00 e. The summed E-state index contributed by atoms with van der Waals surface area (Å²) < 4.78 is 32.8. The van der Waals surface area contributed by atoms with E-state index in [1.54, 1.807) is 0 Å². The molecule has 0 saturated carbocycles. The molecule has 0 aliphatic carbocycles. The number of nitrogens with one attached hydrogen (secondary N) is 1. The van der Waals surface area contributed by atoms with E-state index < -0.39 is 10.4 Å². The molecule has 0 aromatic rings. The van der Waals surface area contributed by atoms with Crippen molar-refractivity contribution in [3.05, 3.63) is 0 Å². The van der Waals surface area contributed by atoms with Crippen molar-refractivity contribution < 1.29 is 74.1 Å². The van der Waals surface area contributed by atoms with Crippen molar-refractivity contribution in [1.29, 1.82) is 0 Å². The zero-order chi connectivity index (χ0) is 7.91. The van der Waals surface area contributed by atoms with E-state index in [0.717, 1.165) is 0 Å². The third kappa shape index (κ3) is 114. The van der Waals surface area contributed by atoms with Crippen molar-refractivity contribution in [3.63, 3.8) is 0 Å². The van der Waals surface area contributed by atoms with Crippen molar-refractivity contribution >= 4 is 10.4 Å². The van der Waals surface area contributed by atoms with E-state index in [9.17, 15) is 0 Å². The average molecular weight is 197 g/mol. The molecule has 0 aromatic carbocycles. The fourth-order valence-electron chi connectivity index (χ4n) is 0. The standard InChI is InChI=1S/C2H7NO.K.H2O4S/c1-2-3-4;;1-5(2,3)4/h3-4H,2H2,1H3;;(H2,1,2,3,4)/q;+1;/p-1. The Hall–Kier alpha value is 1.43. The van der Waals surface area contributed by atoms with Gasteiger partial charge in [-0.05, 0) is 0 Å². The van der Waals surface area contributed by atoms with Gasteiger partial charge < -0.3 is 9.76 Å². The van der Waals surface area contributed by atoms with E-state index in [1.165, 1.54) is 0 Å². The molecule has 8 heteroatoms. The normalized spacial score (nSPS) is 8.80. The monoisotopic (exact) mass is 197 g/mol. The van der Waals surface area contributed by atoms with E-state index in [-0.39, 0.29) is 51.4 Å². The smallest absolute Gasteiger partial charge is 0.726 e. The first-order valence-corrected chi connectivity index (χ1v) is 3.33. The fraction of sp³-hybridized carbons (Fsp3) is 1.00. The molecule has 0 saturated heterocycles. The summed E-state index contributed by atoms with van der Waals surface area (Å²) in [4.78, 5) is 0. The second kappa shape index (κ2) is 10.4. The summed E-state index contributed by atoms with van der Waals surface area (Å²) in [6, 6.07) is 0. The Bertz CT molecular complexity index is 123. The zero-order valence-corrected chi connectivity index (χ0v) is 9.67. The van der Waals surface area contributed by atoms with Crippen molar-refractivity contribution in [2.75, 3.05) is 6.54 Å². The van der Waals surface area contributed by atoms with Gasteiger partial charge in [-0.25, -0.2) is 13.9 Å². The predicted octanol–water partition coefficient (Wildman–Crippen LogP) is -4.01. The number of hydrogen-bond donors (Lipinski definition) is 3. The first-order chi connectivity index (χ1) is 3.91. The average Bonchev–Trinajstić information content (AvgIpc) is 1.61. The van der Waals surface area contributed by atoms with Crippen LogP contribution in [0.2, 0.25) is 0 Å². The Labute approximate surface area is 102 Å². The first-order valence-electron chi connectivity index (χ1n) is 1.97. The molecule has 0 radical (unpaired) electrons. The molecule has 0 amide bonds. The molecule has 0 unspecified atom stereocenters. The van der Waals surface area contributed by atoms with Crippen molar-refractivity contribution in [1.82, 2.24) is 5.48 Å². The molecule has 6 nitrogen and oxygen atoms in total. The van der Waals surface area contributed by atoms with Crippen molar-refractivity contribution in [2.45, 2.75) is 6.92 Å². The summed E-state index contributed by atoms with van der Waals surface area (Å²) in [5.74, 6) is 0. The summed E-state index contributed by atoms with van der Waals surface area (Å²) in [7, 11) is -4.92. The molecular weight excluding hydrogens is 189 g/mol. The predicted molar refractivity (Wildman–Crippen MR) is 27.8 cm³/mol. The Kier molecular flexibility index (Phi) is 18.2. The van der Waals surface area contributed by atoms with Crippen LogP contribution in [0.4, 0.5) is 0 Å². The van der Waals surface area contributed by atoms with Gasteiger partial charge in [0.15, 0.2) is 0 Å². The first kappa shape index (κ1) is 17.5. The number of rotatable bonds is 1. The molecule has 0 aliphatic heterocycles. The molecule has 0 rings (SSSR count). The summed E-state index contributed by atoms with van der Waals surface area (Å²) in [6.07, 6.45) is 0. The summed E-state index contributed by atoms with van der Waals surface area (Å²) in [5.41, 5.74) is 1.93. The maximum atomic E-state index is 8.63. The molecule has 0 atom stereocenters. The van der Waals surface area contributed by atoms with Gasteiger partial charge in [0.2, 0.25) is 10.4 Å². The molecule has 0 fully saturated rings. The minimum atomic E-state index is -4.92. The molecule has 0 spiro atoms. The summed E-state index contributed by atoms with van der Waals surface area (Å²) in [5, 5.41) is 7.62. The van der Waals surface area contributed by atoms with Gasteiger partial charge in [-0.2, -0.15) is 0 Å². The van der Waals surface area contributed by atoms with Crippen LogP contribution in [-0.2, 0) is 10.4 Å². The zero-order valence-electron chi connectivity index (χ0n) is 5.73. The van der Waals surface area contributed by atoms with Gasteiger partial charge in [0, 0.05) is 6.54 Å². The van der Waals surface area contributed by atoms with Gasteiger partial charge in [0.25, 0.3) is 0 Å². The second-order valence-corrected chi connectivity index (χ2v) is 1.79. The number of hydrogen-bond acceptors (Lipinski definition) is 5. The SMILES string of the molecule is CCNO.O=S(=O)([O-])O.[K+]. The Morgan fingerprint density at radius 3 is 1.70 bits per heavy atom. The minimum Gasteiger partial charge on any atom is -0.726 e. The fourth-order valence-corrected chi connectivity index (χ4v) is 0. The molecule has 58 valence electrons. The van der Waals surface area contributed by atoms with Crippen LogP contribution in [0.15, 0.2) is 0 Å². The van der Waals surface area contributed by atoms with Gasteiger partial charge in [-0.3, -0.25) is 4.55 Å². The van der Waals surface area contributed by atoms with Crippen LogP contribution < -0.4 is 56.9 Å². The van der Waals surface area contributed by atoms with Gasteiger partial charge >= 0.3 is 51.4 Å². The largest absolute Gasteiger partial charge is 1.00 e. The van der Waals surface area contributed by atoms with Crippen LogP contribution in [0, 0.1) is 0 Å². The Morgan fingerprint density at radius 1 is 1.60 bits per heavy atom. The summed E-state index contributed by atoms with van der Waals surface area (Å²) in [6.45, 7) is 2.44. The van der Waals surface area contributed by atoms with Crippen molar-refractivity contribution in [2.24, 2.45) is 0 Å². The van der Waals surface area contributed by atoms with Gasteiger partial charge in [0.1, 0.15) is 0 Å². The van der Waals surface area contributed by atoms with Crippen LogP contribution in [0.5, 0.6) is 0 Å². The number of hydroxylamine groups is 1. The molecule has 0 aliphatic rings. The van der Waals surface area contributed by atoms with Crippen LogP contribution in [-0.4, -0.2) is 29.3 Å². The van der Waals surface area contributed by atoms with Crippen LogP contribution in [0.1, 0.15) is 6.92 Å². The Balaban J connectivity index is -0.0000000910. The van der Waals surface area contributed by atoms with Gasteiger partial charge in [-0.15, -0.1) is 0 Å². The molecule has 0 bridgehead atoms. The molecule has 0 aromatic heterocycles. The minimum absolute atomic E-state index is 0. The van der Waals surface area contributed by atoms with E-state index in [4.69, 9.17) is 22.7 Å². The molecule has 0 heterocycles. The van der Waals surface area contributed by atoms with Crippen LogP contribution in [0.3, 0.4) is 0 Å². The Morgan fingerprint density at radius 2 is 1.70 bits per heavy atom. The summed E-state index contributed by atoms with van der Waals surface area (Å²) >= 11 is 0. The van der Waals surface area contributed by atoms with Gasteiger partial charge in [0.05, 0.1) is 0 Å². The van der Waals surface area contributed by atoms with E-state index in [0.29, 0.717) is 6.54 Å². The molecule has 3 N–H and O–H groups in total. The topological polar surface area (TPSA) is 110 Å². The van der Waals surface area contributed by atoms with Crippen LogP contribution >= 0.6 is 0 Å². The second-order valence-electron chi connectivity index (χ2n) is 0.939.